The number of hydrogen-bond donors (Lipinski definition) is 3. The Bertz CT molecular complexity index is 959. The number of nitrogens with zero attached hydrogens (tertiary/aromatic N) is 2. The number of ether oxygens (including phenoxy) is 1. The predicted molar refractivity (Wildman–Crippen MR) is 143 cm³/mol. The number of anilines is 1. The minimum atomic E-state index is -1.82. The van der Waals surface area contributed by atoms with Crippen molar-refractivity contribution >= 4 is 17.6 Å². The van der Waals surface area contributed by atoms with Gasteiger partial charge >= 0.3 is 11.9 Å². The van der Waals surface area contributed by atoms with Gasteiger partial charge < -0.3 is 25.0 Å². The van der Waals surface area contributed by atoms with Crippen molar-refractivity contribution in [2.24, 2.45) is 5.92 Å². The highest BCUT2D eigenvalue weighted by molar-refractivity contribution is 6.27. The summed E-state index contributed by atoms with van der Waals surface area (Å²) in [6, 6.07) is 19.0. The normalized spacial score (nSPS) is 18.3. The Morgan fingerprint density at radius 3 is 2.08 bits per heavy atom. The molecule has 0 amide bonds. The third kappa shape index (κ3) is 8.47. The zero-order chi connectivity index (χ0) is 26.6. The molecule has 202 valence electrons. The number of piperazine rings is 1. The van der Waals surface area contributed by atoms with Gasteiger partial charge in [-0.05, 0) is 49.4 Å². The molecule has 3 N–H and O–H groups in total. The van der Waals surface area contributed by atoms with Gasteiger partial charge in [-0.1, -0.05) is 61.7 Å². The van der Waals surface area contributed by atoms with Gasteiger partial charge in [0.2, 0.25) is 0 Å². The zero-order valence-electron chi connectivity index (χ0n) is 21.7. The van der Waals surface area contributed by atoms with Crippen LogP contribution >= 0.6 is 0 Å². The highest BCUT2D eigenvalue weighted by Gasteiger charge is 2.30. The van der Waals surface area contributed by atoms with Crippen molar-refractivity contribution in [3.63, 3.8) is 0 Å². The first-order valence-corrected chi connectivity index (χ1v) is 13.2. The van der Waals surface area contributed by atoms with E-state index >= 15 is 0 Å². The summed E-state index contributed by atoms with van der Waals surface area (Å²) in [4.78, 5) is 23.2. The summed E-state index contributed by atoms with van der Waals surface area (Å²) >= 11 is 0. The lowest BCUT2D eigenvalue weighted by Gasteiger charge is -2.38. The standard InChI is InChI=1S/C27H38N2O2.C2H2O4/c1-31-26-15-9-8-14-25(26)29-20-18-28(19-21-29)17-16-24(22-10-4-2-5-11-22)27(30)23-12-6-3-7-13-23;3-1(4)2(5)6/h2,4-5,8-11,14-15,23-24,27,30H,3,6-7,12-13,16-21H2,1H3;(H,3,4)(H,5,6). The van der Waals surface area contributed by atoms with Crippen LogP contribution in [0.25, 0.3) is 0 Å². The second kappa shape index (κ2) is 14.6. The summed E-state index contributed by atoms with van der Waals surface area (Å²) in [6.07, 6.45) is 7.04. The molecule has 2 unspecified atom stereocenters. The quantitative estimate of drug-likeness (QED) is 0.454. The van der Waals surface area contributed by atoms with Crippen LogP contribution in [0.2, 0.25) is 0 Å². The molecule has 2 aromatic carbocycles. The van der Waals surface area contributed by atoms with E-state index in [1.165, 1.54) is 43.4 Å². The summed E-state index contributed by atoms with van der Waals surface area (Å²) in [5, 5.41) is 26.1. The van der Waals surface area contributed by atoms with Crippen LogP contribution in [0.3, 0.4) is 0 Å². The van der Waals surface area contributed by atoms with Crippen LogP contribution in [0.1, 0.15) is 50.0 Å². The molecule has 2 aromatic rings. The van der Waals surface area contributed by atoms with Crippen LogP contribution in [0.15, 0.2) is 54.6 Å². The molecular formula is C29H40N2O6. The van der Waals surface area contributed by atoms with Crippen molar-refractivity contribution in [1.82, 2.24) is 4.90 Å². The highest BCUT2D eigenvalue weighted by Crippen LogP contribution is 2.35. The Morgan fingerprint density at radius 2 is 1.49 bits per heavy atom. The molecule has 0 spiro atoms. The third-order valence-corrected chi connectivity index (χ3v) is 7.51. The fourth-order valence-electron chi connectivity index (χ4n) is 5.46. The summed E-state index contributed by atoms with van der Waals surface area (Å²) < 4.78 is 5.55. The van der Waals surface area contributed by atoms with Gasteiger partial charge in [-0.15, -0.1) is 0 Å². The van der Waals surface area contributed by atoms with Crippen LogP contribution < -0.4 is 9.64 Å². The number of hydrogen-bond acceptors (Lipinski definition) is 6. The molecule has 2 fully saturated rings. The minimum absolute atomic E-state index is 0.224. The Hall–Kier alpha value is -3.10. The molecule has 8 nitrogen and oxygen atoms in total. The number of carboxylic acids is 2. The van der Waals surface area contributed by atoms with E-state index in [0.717, 1.165) is 44.9 Å². The van der Waals surface area contributed by atoms with Gasteiger partial charge in [-0.2, -0.15) is 0 Å². The number of methoxy groups -OCH3 is 1. The first kappa shape index (κ1) is 28.5. The maximum Gasteiger partial charge on any atom is 0.414 e. The molecule has 37 heavy (non-hydrogen) atoms. The van der Waals surface area contributed by atoms with E-state index in [-0.39, 0.29) is 12.0 Å². The Labute approximate surface area is 219 Å². The summed E-state index contributed by atoms with van der Waals surface area (Å²) in [6.45, 7) is 5.18. The van der Waals surface area contributed by atoms with E-state index in [1.54, 1.807) is 7.11 Å². The molecule has 4 rings (SSSR count). The van der Waals surface area contributed by atoms with Crippen LogP contribution in [-0.4, -0.2) is 78.1 Å². The van der Waals surface area contributed by atoms with Gasteiger partial charge in [-0.3, -0.25) is 4.90 Å². The number of carbonyl (C=O) groups is 2. The molecule has 1 aliphatic carbocycles. The SMILES string of the molecule is COc1ccccc1N1CCN(CCC(c2ccccc2)C(O)C2CCCCC2)CC1.O=C(O)C(=O)O. The van der Waals surface area contributed by atoms with E-state index < -0.39 is 11.9 Å². The van der Waals surface area contributed by atoms with E-state index in [9.17, 15) is 5.11 Å². The summed E-state index contributed by atoms with van der Waals surface area (Å²) in [7, 11) is 1.75. The van der Waals surface area contributed by atoms with E-state index in [0.29, 0.717) is 5.92 Å². The smallest absolute Gasteiger partial charge is 0.414 e. The highest BCUT2D eigenvalue weighted by atomic mass is 16.5. The second-order valence-corrected chi connectivity index (χ2v) is 9.81. The Balaban J connectivity index is 0.000000568. The van der Waals surface area contributed by atoms with Gasteiger partial charge in [0, 0.05) is 32.1 Å². The summed E-state index contributed by atoms with van der Waals surface area (Å²) in [5.41, 5.74) is 2.49. The van der Waals surface area contributed by atoms with Gasteiger partial charge in [0.15, 0.2) is 0 Å². The van der Waals surface area contributed by atoms with E-state index in [4.69, 9.17) is 24.5 Å². The zero-order valence-corrected chi connectivity index (χ0v) is 21.7. The number of benzene rings is 2. The molecule has 0 bridgehead atoms. The van der Waals surface area contributed by atoms with Gasteiger partial charge in [-0.25, -0.2) is 9.59 Å². The molecule has 1 heterocycles. The van der Waals surface area contributed by atoms with Crippen LogP contribution in [0, 0.1) is 5.92 Å². The average Bonchev–Trinajstić information content (AvgIpc) is 2.94. The number of para-hydroxylation sites is 2. The van der Waals surface area contributed by atoms with Crippen molar-refractivity contribution in [1.29, 1.82) is 0 Å². The number of rotatable bonds is 8. The molecule has 2 atom stereocenters. The van der Waals surface area contributed by atoms with E-state index in [1.807, 2.05) is 12.1 Å². The fraction of sp³-hybridized carbons (Fsp3) is 0.517. The summed E-state index contributed by atoms with van der Waals surface area (Å²) in [5.74, 6) is -2.00. The Kier molecular flexibility index (Phi) is 11.2. The Morgan fingerprint density at radius 1 is 0.892 bits per heavy atom. The van der Waals surface area contributed by atoms with Crippen molar-refractivity contribution in [2.45, 2.75) is 50.5 Å². The van der Waals surface area contributed by atoms with Crippen molar-refractivity contribution in [3.05, 3.63) is 60.2 Å². The molecule has 2 aliphatic rings. The lowest BCUT2D eigenvalue weighted by atomic mass is 9.77. The lowest BCUT2D eigenvalue weighted by Crippen LogP contribution is -2.47. The number of aliphatic carboxylic acids is 2. The van der Waals surface area contributed by atoms with Crippen molar-refractivity contribution in [2.75, 3.05) is 44.7 Å². The first-order valence-electron chi connectivity index (χ1n) is 13.2. The number of carboxylic acid groups (broad SMARTS) is 2. The topological polar surface area (TPSA) is 111 Å². The van der Waals surface area contributed by atoms with Gasteiger partial charge in [0.25, 0.3) is 0 Å². The average molecular weight is 513 g/mol. The van der Waals surface area contributed by atoms with Crippen LogP contribution in [0.4, 0.5) is 5.69 Å². The largest absolute Gasteiger partial charge is 0.495 e. The molecule has 1 saturated carbocycles. The number of aliphatic hydroxyl groups is 1. The molecule has 1 aliphatic heterocycles. The minimum Gasteiger partial charge on any atom is -0.495 e. The van der Waals surface area contributed by atoms with Crippen molar-refractivity contribution < 1.29 is 29.6 Å². The third-order valence-electron chi connectivity index (χ3n) is 7.51. The maximum absolute atomic E-state index is 11.3. The fourth-order valence-corrected chi connectivity index (χ4v) is 5.46. The molecule has 0 radical (unpaired) electrons. The molecular weight excluding hydrogens is 472 g/mol. The van der Waals surface area contributed by atoms with Crippen LogP contribution in [0.5, 0.6) is 5.75 Å². The monoisotopic (exact) mass is 512 g/mol. The first-order chi connectivity index (χ1) is 17.9. The van der Waals surface area contributed by atoms with E-state index in [2.05, 4.69) is 52.3 Å². The number of aliphatic hydroxyl groups excluding tert-OH is 1. The van der Waals surface area contributed by atoms with Gasteiger partial charge in [0.1, 0.15) is 5.75 Å². The lowest BCUT2D eigenvalue weighted by molar-refractivity contribution is -0.159. The van der Waals surface area contributed by atoms with Crippen LogP contribution in [-0.2, 0) is 9.59 Å². The maximum atomic E-state index is 11.3. The molecule has 0 aromatic heterocycles. The predicted octanol–water partition coefficient (Wildman–Crippen LogP) is 4.09. The molecule has 8 heteroatoms. The van der Waals surface area contributed by atoms with Crippen molar-refractivity contribution in [3.8, 4) is 5.75 Å². The van der Waals surface area contributed by atoms with Gasteiger partial charge in [0.05, 0.1) is 18.9 Å². The second-order valence-electron chi connectivity index (χ2n) is 9.81. The molecule has 1 saturated heterocycles.